The number of ketones is 1. The molecule has 0 radical (unpaired) electrons. The molecular formula is C20H19ClN2O4. The molecule has 0 spiro atoms. The van der Waals surface area contributed by atoms with Gasteiger partial charge in [-0.1, -0.05) is 38.4 Å². The van der Waals surface area contributed by atoms with E-state index in [1.807, 2.05) is 0 Å². The first kappa shape index (κ1) is 18.9. The molecule has 1 atom stereocenters. The number of phenolic OH excluding ortho intramolecular Hbond substituents is 1. The summed E-state index contributed by atoms with van der Waals surface area (Å²) < 4.78 is 0. The molecular weight excluding hydrogens is 368 g/mol. The lowest BCUT2D eigenvalue weighted by Gasteiger charge is -2.29. The SMILES string of the molecule is CC(C)(C)C(=O)C1=C(O)C(=O)N(c2cc(Cl)ccc2O)C1c1cccnc1. The summed E-state index contributed by atoms with van der Waals surface area (Å²) in [6.07, 6.45) is 3.08. The molecule has 7 heteroatoms. The Bertz CT molecular complexity index is 948. The number of nitrogens with zero attached hydrogens (tertiary/aromatic N) is 2. The van der Waals surface area contributed by atoms with Gasteiger partial charge in [0.2, 0.25) is 0 Å². The van der Waals surface area contributed by atoms with Crippen LogP contribution in [-0.2, 0) is 9.59 Å². The van der Waals surface area contributed by atoms with Crippen LogP contribution in [0.2, 0.25) is 5.02 Å². The smallest absolute Gasteiger partial charge is 0.294 e. The van der Waals surface area contributed by atoms with E-state index in [4.69, 9.17) is 11.6 Å². The number of halogens is 1. The number of anilines is 1. The number of Topliss-reactive ketones (excluding diaryl/α,β-unsaturated/α-hetero) is 1. The van der Waals surface area contributed by atoms with Gasteiger partial charge in [-0.2, -0.15) is 0 Å². The van der Waals surface area contributed by atoms with Gasteiger partial charge in [0.1, 0.15) is 5.75 Å². The normalized spacial score (nSPS) is 17.6. The molecule has 1 unspecified atom stereocenters. The van der Waals surface area contributed by atoms with E-state index in [-0.39, 0.29) is 22.8 Å². The van der Waals surface area contributed by atoms with Crippen molar-refractivity contribution < 1.29 is 19.8 Å². The van der Waals surface area contributed by atoms with Crippen molar-refractivity contribution in [2.45, 2.75) is 26.8 Å². The highest BCUT2D eigenvalue weighted by Gasteiger charge is 2.47. The number of aromatic hydroxyl groups is 1. The number of pyridine rings is 1. The molecule has 140 valence electrons. The van der Waals surface area contributed by atoms with Crippen molar-refractivity contribution in [1.29, 1.82) is 0 Å². The van der Waals surface area contributed by atoms with Crippen LogP contribution < -0.4 is 4.90 Å². The third-order valence-corrected chi connectivity index (χ3v) is 4.57. The molecule has 1 aliphatic heterocycles. The molecule has 1 aromatic heterocycles. The second-order valence-corrected chi connectivity index (χ2v) is 7.77. The number of rotatable bonds is 3. The predicted molar refractivity (Wildman–Crippen MR) is 102 cm³/mol. The number of hydrogen-bond donors (Lipinski definition) is 2. The van der Waals surface area contributed by atoms with E-state index < -0.39 is 23.1 Å². The van der Waals surface area contributed by atoms with Crippen molar-refractivity contribution in [3.05, 3.63) is 64.6 Å². The maximum atomic E-state index is 13.0. The minimum absolute atomic E-state index is 0.0279. The van der Waals surface area contributed by atoms with E-state index in [2.05, 4.69) is 4.98 Å². The quantitative estimate of drug-likeness (QED) is 0.833. The van der Waals surface area contributed by atoms with Crippen molar-refractivity contribution in [3.8, 4) is 5.75 Å². The molecule has 1 aliphatic rings. The molecule has 0 saturated carbocycles. The van der Waals surface area contributed by atoms with Crippen molar-refractivity contribution in [2.75, 3.05) is 4.90 Å². The van der Waals surface area contributed by atoms with Gasteiger partial charge in [-0.3, -0.25) is 19.5 Å². The Morgan fingerprint density at radius 1 is 1.22 bits per heavy atom. The molecule has 2 heterocycles. The van der Waals surface area contributed by atoms with Gasteiger partial charge in [-0.15, -0.1) is 0 Å². The summed E-state index contributed by atoms with van der Waals surface area (Å²) in [6.45, 7) is 5.12. The van der Waals surface area contributed by atoms with Gasteiger partial charge in [0.25, 0.3) is 5.91 Å². The standard InChI is InChI=1S/C20H19ClN2O4/c1-20(2,3)18(26)15-16(11-5-4-8-22-10-11)23(19(27)17(15)25)13-9-12(21)6-7-14(13)24/h4-10,16,24-25H,1-3H3. The van der Waals surface area contributed by atoms with Crippen LogP contribution in [0.25, 0.3) is 0 Å². The third kappa shape index (κ3) is 3.28. The van der Waals surface area contributed by atoms with Gasteiger partial charge in [0.05, 0.1) is 17.3 Å². The number of aromatic nitrogens is 1. The van der Waals surface area contributed by atoms with Crippen LogP contribution in [0.5, 0.6) is 5.75 Å². The monoisotopic (exact) mass is 386 g/mol. The fourth-order valence-electron chi connectivity index (χ4n) is 3.03. The first-order valence-electron chi connectivity index (χ1n) is 8.33. The highest BCUT2D eigenvalue weighted by atomic mass is 35.5. The number of carbonyl (C=O) groups excluding carboxylic acids is 2. The van der Waals surface area contributed by atoms with Crippen LogP contribution in [0.4, 0.5) is 5.69 Å². The van der Waals surface area contributed by atoms with Gasteiger partial charge in [-0.25, -0.2) is 0 Å². The molecule has 3 rings (SSSR count). The number of benzene rings is 1. The zero-order valence-electron chi connectivity index (χ0n) is 15.1. The minimum Gasteiger partial charge on any atom is -0.506 e. The number of aliphatic hydroxyl groups is 1. The van der Waals surface area contributed by atoms with Gasteiger partial charge >= 0.3 is 0 Å². The largest absolute Gasteiger partial charge is 0.506 e. The van der Waals surface area contributed by atoms with Gasteiger partial charge in [-0.05, 0) is 29.8 Å². The van der Waals surface area contributed by atoms with Crippen LogP contribution in [-0.4, -0.2) is 26.9 Å². The van der Waals surface area contributed by atoms with Crippen LogP contribution in [0.3, 0.4) is 0 Å². The van der Waals surface area contributed by atoms with Crippen molar-refractivity contribution in [1.82, 2.24) is 4.98 Å². The summed E-state index contributed by atoms with van der Waals surface area (Å²) in [5.41, 5.74) is -0.220. The Labute approximate surface area is 161 Å². The molecule has 6 nitrogen and oxygen atoms in total. The molecule has 2 aromatic rings. The number of aliphatic hydroxyl groups excluding tert-OH is 1. The number of carbonyl (C=O) groups is 2. The summed E-state index contributed by atoms with van der Waals surface area (Å²) in [5, 5.41) is 21.1. The first-order valence-corrected chi connectivity index (χ1v) is 8.70. The van der Waals surface area contributed by atoms with E-state index in [0.717, 1.165) is 0 Å². The van der Waals surface area contributed by atoms with Gasteiger partial charge in [0, 0.05) is 22.8 Å². The van der Waals surface area contributed by atoms with Crippen LogP contribution in [0.1, 0.15) is 32.4 Å². The van der Waals surface area contributed by atoms with E-state index in [9.17, 15) is 19.8 Å². The van der Waals surface area contributed by atoms with E-state index in [1.54, 1.807) is 39.1 Å². The molecule has 0 saturated heterocycles. The van der Waals surface area contributed by atoms with E-state index >= 15 is 0 Å². The fourth-order valence-corrected chi connectivity index (χ4v) is 3.20. The lowest BCUT2D eigenvalue weighted by molar-refractivity contribution is -0.123. The second-order valence-electron chi connectivity index (χ2n) is 7.34. The molecule has 0 bridgehead atoms. The Morgan fingerprint density at radius 3 is 2.52 bits per heavy atom. The maximum Gasteiger partial charge on any atom is 0.294 e. The summed E-state index contributed by atoms with van der Waals surface area (Å²) >= 11 is 6.04. The molecule has 0 fully saturated rings. The molecule has 1 amide bonds. The fraction of sp³-hybridized carbons (Fsp3) is 0.250. The second kappa shape index (κ2) is 6.70. The van der Waals surface area contributed by atoms with Gasteiger partial charge in [0.15, 0.2) is 11.5 Å². The van der Waals surface area contributed by atoms with Crippen LogP contribution in [0.15, 0.2) is 54.1 Å². The molecule has 2 N–H and O–H groups in total. The Balaban J connectivity index is 2.25. The third-order valence-electron chi connectivity index (χ3n) is 4.33. The summed E-state index contributed by atoms with van der Waals surface area (Å²) in [7, 11) is 0. The van der Waals surface area contributed by atoms with Crippen LogP contribution in [0, 0.1) is 5.41 Å². The zero-order chi connectivity index (χ0) is 19.9. The minimum atomic E-state index is -0.928. The molecule has 0 aliphatic carbocycles. The van der Waals surface area contributed by atoms with E-state index in [1.165, 1.54) is 29.3 Å². The lowest BCUT2D eigenvalue weighted by atomic mass is 9.82. The van der Waals surface area contributed by atoms with Crippen molar-refractivity contribution in [2.24, 2.45) is 5.41 Å². The Hall–Kier alpha value is -2.86. The van der Waals surface area contributed by atoms with Crippen LogP contribution >= 0.6 is 11.6 Å². The summed E-state index contributed by atoms with van der Waals surface area (Å²) in [4.78, 5) is 31.2. The van der Waals surface area contributed by atoms with Crippen molar-refractivity contribution >= 4 is 29.0 Å². The topological polar surface area (TPSA) is 90.7 Å². The van der Waals surface area contributed by atoms with Crippen molar-refractivity contribution in [3.63, 3.8) is 0 Å². The average Bonchev–Trinajstić information content (AvgIpc) is 2.88. The Morgan fingerprint density at radius 2 is 1.93 bits per heavy atom. The number of hydrogen-bond acceptors (Lipinski definition) is 5. The highest BCUT2D eigenvalue weighted by molar-refractivity contribution is 6.31. The summed E-state index contributed by atoms with van der Waals surface area (Å²) in [5.74, 6) is -1.98. The molecule has 27 heavy (non-hydrogen) atoms. The maximum absolute atomic E-state index is 13.0. The number of amides is 1. The number of phenols is 1. The first-order chi connectivity index (χ1) is 12.6. The van der Waals surface area contributed by atoms with Gasteiger partial charge < -0.3 is 10.2 Å². The Kier molecular flexibility index (Phi) is 4.70. The molecule has 1 aromatic carbocycles. The zero-order valence-corrected chi connectivity index (χ0v) is 15.9. The van der Waals surface area contributed by atoms with E-state index in [0.29, 0.717) is 10.6 Å². The predicted octanol–water partition coefficient (Wildman–Crippen LogP) is 3.96. The highest BCUT2D eigenvalue weighted by Crippen LogP contribution is 2.46. The average molecular weight is 387 g/mol. The lowest BCUT2D eigenvalue weighted by Crippen LogP contribution is -2.33. The summed E-state index contributed by atoms with van der Waals surface area (Å²) in [6, 6.07) is 6.69.